The quantitative estimate of drug-likeness (QED) is 0.469. The molecule has 0 N–H and O–H groups in total. The summed E-state index contributed by atoms with van der Waals surface area (Å²) in [7, 11) is 4.08. The first-order valence-electron chi connectivity index (χ1n) is 6.20. The average molecular weight is 251 g/mol. The topological polar surface area (TPSA) is 20.3 Å². The summed E-state index contributed by atoms with van der Waals surface area (Å²) in [6.07, 6.45) is 7.82. The van der Waals surface area contributed by atoms with Crippen LogP contribution < -0.4 is 4.90 Å². The largest absolute Gasteiger partial charge is 0.378 e. The summed E-state index contributed by atoms with van der Waals surface area (Å²) in [6, 6.07) is 12.7. The van der Waals surface area contributed by atoms with E-state index in [0.29, 0.717) is 0 Å². The van der Waals surface area contributed by atoms with Crippen LogP contribution in [0.3, 0.4) is 0 Å². The number of hydrogen-bond donors (Lipinski definition) is 0. The predicted octanol–water partition coefficient (Wildman–Crippen LogP) is 3.67. The Morgan fingerprint density at radius 1 is 0.895 bits per heavy atom. The van der Waals surface area contributed by atoms with Crippen molar-refractivity contribution >= 4 is 28.8 Å². The fraction of sp³-hybridized carbons (Fsp3) is 0.118. The van der Waals surface area contributed by atoms with E-state index in [9.17, 15) is 4.79 Å². The number of nitrogens with zero attached hydrogens (tertiary/aromatic N) is 1. The lowest BCUT2D eigenvalue weighted by atomic mass is 10.1. The molecular formula is C17H17NO. The van der Waals surface area contributed by atoms with E-state index < -0.39 is 0 Å². The molecule has 0 aliphatic heterocycles. The number of aldehydes is 1. The summed E-state index contributed by atoms with van der Waals surface area (Å²) in [5, 5.41) is 2.44. The second-order valence-corrected chi connectivity index (χ2v) is 4.57. The van der Waals surface area contributed by atoms with Crippen molar-refractivity contribution in [2.24, 2.45) is 0 Å². The number of fused-ring (bicyclic) bond motifs is 1. The molecule has 2 aromatic carbocycles. The molecule has 0 aliphatic rings. The highest BCUT2D eigenvalue weighted by Gasteiger charge is 1.98. The van der Waals surface area contributed by atoms with E-state index in [-0.39, 0.29) is 0 Å². The second kappa shape index (κ2) is 6.01. The number of carbonyl (C=O) groups is 1. The van der Waals surface area contributed by atoms with Crippen molar-refractivity contribution < 1.29 is 4.79 Å². The van der Waals surface area contributed by atoms with Crippen LogP contribution in [0.15, 0.2) is 54.6 Å². The maximum absolute atomic E-state index is 10.2. The Balaban J connectivity index is 2.31. The Morgan fingerprint density at radius 2 is 1.63 bits per heavy atom. The highest BCUT2D eigenvalue weighted by Crippen LogP contribution is 2.22. The fourth-order valence-corrected chi connectivity index (χ4v) is 1.91. The zero-order chi connectivity index (χ0) is 13.7. The number of rotatable bonds is 4. The van der Waals surface area contributed by atoms with Gasteiger partial charge in [-0.15, -0.1) is 0 Å². The Labute approximate surface area is 113 Å². The first-order chi connectivity index (χ1) is 9.20. The van der Waals surface area contributed by atoms with Gasteiger partial charge in [0.25, 0.3) is 0 Å². The van der Waals surface area contributed by atoms with Crippen LogP contribution in [-0.2, 0) is 4.79 Å². The van der Waals surface area contributed by atoms with E-state index in [4.69, 9.17) is 0 Å². The van der Waals surface area contributed by atoms with E-state index in [1.165, 1.54) is 22.5 Å². The van der Waals surface area contributed by atoms with Gasteiger partial charge in [0.1, 0.15) is 6.29 Å². The fourth-order valence-electron chi connectivity index (χ4n) is 1.91. The first kappa shape index (κ1) is 13.1. The summed E-state index contributed by atoms with van der Waals surface area (Å²) in [6.45, 7) is 0. The number of carbonyl (C=O) groups excluding carboxylic acids is 1. The lowest BCUT2D eigenvalue weighted by Gasteiger charge is -2.13. The van der Waals surface area contributed by atoms with Gasteiger partial charge >= 0.3 is 0 Å². The normalized spacial score (nSPS) is 11.5. The minimum Gasteiger partial charge on any atom is -0.378 e. The van der Waals surface area contributed by atoms with E-state index in [0.717, 1.165) is 11.8 Å². The molecule has 0 saturated carbocycles. The van der Waals surface area contributed by atoms with Crippen LogP contribution in [0.2, 0.25) is 0 Å². The molecule has 19 heavy (non-hydrogen) atoms. The SMILES string of the molecule is CN(C)c1ccc2cc(/C=C/C=C/C=O)ccc2c1. The van der Waals surface area contributed by atoms with Gasteiger partial charge in [0.15, 0.2) is 0 Å². The van der Waals surface area contributed by atoms with Crippen LogP contribution in [0, 0.1) is 0 Å². The molecule has 96 valence electrons. The first-order valence-corrected chi connectivity index (χ1v) is 6.20. The molecule has 0 amide bonds. The van der Waals surface area contributed by atoms with Crippen molar-refractivity contribution in [2.75, 3.05) is 19.0 Å². The van der Waals surface area contributed by atoms with Gasteiger partial charge in [0.05, 0.1) is 0 Å². The zero-order valence-electron chi connectivity index (χ0n) is 11.2. The molecule has 0 atom stereocenters. The number of hydrogen-bond acceptors (Lipinski definition) is 2. The molecule has 2 rings (SSSR count). The Bertz CT molecular complexity index is 639. The van der Waals surface area contributed by atoms with Gasteiger partial charge in [-0.2, -0.15) is 0 Å². The van der Waals surface area contributed by atoms with Crippen LogP contribution in [0.5, 0.6) is 0 Å². The van der Waals surface area contributed by atoms with Gasteiger partial charge < -0.3 is 4.90 Å². The van der Waals surface area contributed by atoms with Crippen molar-refractivity contribution in [1.29, 1.82) is 0 Å². The van der Waals surface area contributed by atoms with Crippen molar-refractivity contribution in [2.45, 2.75) is 0 Å². The van der Waals surface area contributed by atoms with Gasteiger partial charge in [0, 0.05) is 19.8 Å². The molecule has 0 heterocycles. The van der Waals surface area contributed by atoms with Crippen LogP contribution in [-0.4, -0.2) is 20.4 Å². The van der Waals surface area contributed by atoms with Crippen molar-refractivity contribution in [3.05, 3.63) is 60.2 Å². The Morgan fingerprint density at radius 3 is 2.37 bits per heavy atom. The molecule has 2 heteroatoms. The second-order valence-electron chi connectivity index (χ2n) is 4.57. The van der Waals surface area contributed by atoms with Crippen molar-refractivity contribution in [3.8, 4) is 0 Å². The summed E-state index contributed by atoms with van der Waals surface area (Å²) >= 11 is 0. The zero-order valence-corrected chi connectivity index (χ0v) is 11.2. The Kier molecular flexibility index (Phi) is 4.14. The highest BCUT2D eigenvalue weighted by atomic mass is 16.1. The van der Waals surface area contributed by atoms with Gasteiger partial charge in [-0.05, 0) is 40.6 Å². The molecule has 0 fully saturated rings. The monoisotopic (exact) mass is 251 g/mol. The molecule has 0 spiro atoms. The van der Waals surface area contributed by atoms with E-state index in [1.54, 1.807) is 6.08 Å². The lowest BCUT2D eigenvalue weighted by molar-refractivity contribution is -0.104. The van der Waals surface area contributed by atoms with Gasteiger partial charge in [-0.1, -0.05) is 36.4 Å². The van der Waals surface area contributed by atoms with E-state index >= 15 is 0 Å². The molecule has 0 unspecified atom stereocenters. The summed E-state index contributed by atoms with van der Waals surface area (Å²) in [5.41, 5.74) is 2.32. The molecule has 2 nitrogen and oxygen atoms in total. The number of allylic oxidation sites excluding steroid dienone is 3. The molecular weight excluding hydrogens is 234 g/mol. The van der Waals surface area contributed by atoms with Crippen molar-refractivity contribution in [1.82, 2.24) is 0 Å². The average Bonchev–Trinajstić information content (AvgIpc) is 2.43. The molecule has 0 bridgehead atoms. The highest BCUT2D eigenvalue weighted by molar-refractivity contribution is 5.87. The summed E-state index contributed by atoms with van der Waals surface area (Å²) in [4.78, 5) is 12.2. The molecule has 2 aromatic rings. The molecule has 0 saturated heterocycles. The number of anilines is 1. The van der Waals surface area contributed by atoms with Gasteiger partial charge in [0.2, 0.25) is 0 Å². The van der Waals surface area contributed by atoms with Gasteiger partial charge in [-0.25, -0.2) is 0 Å². The minimum atomic E-state index is 0.771. The standard InChI is InChI=1S/C17H17NO/c1-18(2)17-10-9-15-12-14(6-4-3-5-11-19)7-8-16(15)13-17/h3-13H,1-2H3/b5-3+,6-4+. The maximum Gasteiger partial charge on any atom is 0.142 e. The van der Waals surface area contributed by atoms with Crippen LogP contribution in [0.25, 0.3) is 16.8 Å². The van der Waals surface area contributed by atoms with Gasteiger partial charge in [-0.3, -0.25) is 4.79 Å². The smallest absolute Gasteiger partial charge is 0.142 e. The third-order valence-electron chi connectivity index (χ3n) is 2.95. The minimum absolute atomic E-state index is 0.771. The molecule has 0 radical (unpaired) electrons. The van der Waals surface area contributed by atoms with Crippen LogP contribution in [0.1, 0.15) is 5.56 Å². The van der Waals surface area contributed by atoms with Crippen molar-refractivity contribution in [3.63, 3.8) is 0 Å². The lowest BCUT2D eigenvalue weighted by Crippen LogP contribution is -2.07. The number of benzene rings is 2. The predicted molar refractivity (Wildman–Crippen MR) is 82.5 cm³/mol. The summed E-state index contributed by atoms with van der Waals surface area (Å²) < 4.78 is 0. The summed E-state index contributed by atoms with van der Waals surface area (Å²) in [5.74, 6) is 0. The molecule has 0 aromatic heterocycles. The van der Waals surface area contributed by atoms with Crippen LogP contribution in [0.4, 0.5) is 5.69 Å². The third-order valence-corrected chi connectivity index (χ3v) is 2.95. The third kappa shape index (κ3) is 3.32. The Hall–Kier alpha value is -2.35. The van der Waals surface area contributed by atoms with E-state index in [1.807, 2.05) is 26.2 Å². The van der Waals surface area contributed by atoms with E-state index in [2.05, 4.69) is 41.3 Å². The van der Waals surface area contributed by atoms with Crippen LogP contribution >= 0.6 is 0 Å². The molecule has 0 aliphatic carbocycles. The maximum atomic E-state index is 10.2.